The summed E-state index contributed by atoms with van der Waals surface area (Å²) >= 11 is 0. The van der Waals surface area contributed by atoms with E-state index in [2.05, 4.69) is 20.3 Å². The number of rotatable bonds is 8. The smallest absolute Gasteiger partial charge is 0.407 e. The van der Waals surface area contributed by atoms with E-state index in [1.54, 1.807) is 48.3 Å². The fourth-order valence-corrected chi connectivity index (χ4v) is 4.78. The number of carbonyl (C=O) groups is 2. The molecule has 0 spiro atoms. The van der Waals surface area contributed by atoms with E-state index in [-0.39, 0.29) is 13.1 Å². The Labute approximate surface area is 217 Å². The summed E-state index contributed by atoms with van der Waals surface area (Å²) < 4.78 is 18.1. The molecule has 1 fully saturated rings. The third-order valence-corrected chi connectivity index (χ3v) is 6.66. The van der Waals surface area contributed by atoms with Crippen LogP contribution in [-0.2, 0) is 17.9 Å². The highest BCUT2D eigenvalue weighted by Crippen LogP contribution is 2.39. The lowest BCUT2D eigenvalue weighted by atomic mass is 10.2. The molecular formula is C24H28N8O6. The minimum atomic E-state index is -1.06. The molecule has 200 valence electrons. The SMILES string of the molecule is COc1cc(-n2cnc(Nc3nc(N4CCC[C@H]4C(N)=O)nc4c3CN(C(=O)O)C4)c2)cc(OC)c1OC. The van der Waals surface area contributed by atoms with Crippen LogP contribution in [0, 0.1) is 0 Å². The van der Waals surface area contributed by atoms with Gasteiger partial charge < -0.3 is 39.8 Å². The summed E-state index contributed by atoms with van der Waals surface area (Å²) in [4.78, 5) is 40.4. The number of hydrogen-bond acceptors (Lipinski definition) is 10. The Hall–Kier alpha value is -4.75. The second-order valence-corrected chi connectivity index (χ2v) is 8.86. The van der Waals surface area contributed by atoms with Crippen LogP contribution >= 0.6 is 0 Å². The van der Waals surface area contributed by atoms with E-state index in [1.807, 2.05) is 0 Å². The fraction of sp³-hybridized carbons (Fsp3) is 0.375. The van der Waals surface area contributed by atoms with Crippen molar-refractivity contribution in [2.24, 2.45) is 5.73 Å². The quantitative estimate of drug-likeness (QED) is 0.393. The van der Waals surface area contributed by atoms with Gasteiger partial charge in [0, 0.05) is 24.2 Å². The standard InChI is InChI=1S/C24H28N8O6/c1-36-17-7-13(8-18(37-2)20(17)38-3)31-11-19(26-12-31)28-22-14-9-30(24(34)35)10-15(14)27-23(29-22)32-6-4-5-16(32)21(25)33/h7-8,11-12,16H,4-6,9-10H2,1-3H3,(H2,25,33)(H,34,35)(H,27,28,29)/t16-/m0/s1. The number of methoxy groups -OCH3 is 3. The van der Waals surface area contributed by atoms with Gasteiger partial charge in [-0.2, -0.15) is 4.98 Å². The molecule has 2 amide bonds. The number of hydrogen-bond donors (Lipinski definition) is 3. The molecule has 14 nitrogen and oxygen atoms in total. The number of amides is 2. The Morgan fingerprint density at radius 1 is 1.11 bits per heavy atom. The molecule has 2 aliphatic rings. The number of nitrogens with zero attached hydrogens (tertiary/aromatic N) is 6. The molecule has 14 heteroatoms. The molecule has 1 atom stereocenters. The highest BCUT2D eigenvalue weighted by Gasteiger charge is 2.34. The van der Waals surface area contributed by atoms with E-state index in [4.69, 9.17) is 19.9 Å². The number of carboxylic acid groups (broad SMARTS) is 1. The first kappa shape index (κ1) is 24.9. The summed E-state index contributed by atoms with van der Waals surface area (Å²) in [5.41, 5.74) is 7.53. The number of ether oxygens (including phenoxy) is 3. The normalized spacial score (nSPS) is 16.3. The molecule has 0 radical (unpaired) electrons. The maximum absolute atomic E-state index is 12.0. The van der Waals surface area contributed by atoms with Crippen LogP contribution in [0.15, 0.2) is 24.7 Å². The van der Waals surface area contributed by atoms with Gasteiger partial charge in [-0.1, -0.05) is 0 Å². The minimum absolute atomic E-state index is 0.115. The van der Waals surface area contributed by atoms with Crippen LogP contribution in [0.4, 0.5) is 22.4 Å². The second-order valence-electron chi connectivity index (χ2n) is 8.86. The third kappa shape index (κ3) is 4.44. The number of fused-ring (bicyclic) bond motifs is 1. The van der Waals surface area contributed by atoms with Gasteiger partial charge in [-0.3, -0.25) is 9.69 Å². The number of benzene rings is 1. The van der Waals surface area contributed by atoms with Crippen molar-refractivity contribution in [3.63, 3.8) is 0 Å². The zero-order chi connectivity index (χ0) is 27.0. The van der Waals surface area contributed by atoms with Crippen molar-refractivity contribution in [3.05, 3.63) is 35.9 Å². The molecule has 0 saturated carbocycles. The molecule has 0 bridgehead atoms. The molecule has 4 heterocycles. The van der Waals surface area contributed by atoms with Gasteiger partial charge in [-0.05, 0) is 12.8 Å². The lowest BCUT2D eigenvalue weighted by Crippen LogP contribution is -2.41. The van der Waals surface area contributed by atoms with Gasteiger partial charge in [-0.25, -0.2) is 14.8 Å². The predicted octanol–water partition coefficient (Wildman–Crippen LogP) is 1.88. The Morgan fingerprint density at radius 2 is 1.84 bits per heavy atom. The Morgan fingerprint density at radius 3 is 2.47 bits per heavy atom. The van der Waals surface area contributed by atoms with Crippen LogP contribution < -0.4 is 30.2 Å². The van der Waals surface area contributed by atoms with E-state index in [1.165, 1.54) is 12.0 Å². The van der Waals surface area contributed by atoms with Crippen molar-refractivity contribution in [3.8, 4) is 22.9 Å². The van der Waals surface area contributed by atoms with Crippen molar-refractivity contribution >= 4 is 29.6 Å². The number of imidazole rings is 1. The zero-order valence-electron chi connectivity index (χ0n) is 21.2. The number of aromatic nitrogens is 4. The summed E-state index contributed by atoms with van der Waals surface area (Å²) in [6.07, 6.45) is 3.69. The largest absolute Gasteiger partial charge is 0.493 e. The van der Waals surface area contributed by atoms with Crippen molar-refractivity contribution < 1.29 is 28.9 Å². The molecule has 2 aromatic heterocycles. The molecule has 2 aliphatic heterocycles. The molecule has 0 unspecified atom stereocenters. The van der Waals surface area contributed by atoms with Crippen LogP contribution in [0.25, 0.3) is 5.69 Å². The molecule has 38 heavy (non-hydrogen) atoms. The number of nitrogens with two attached hydrogens (primary N) is 1. The lowest BCUT2D eigenvalue weighted by Gasteiger charge is -2.23. The van der Waals surface area contributed by atoms with Gasteiger partial charge in [-0.15, -0.1) is 0 Å². The van der Waals surface area contributed by atoms with Gasteiger partial charge in [0.15, 0.2) is 11.5 Å². The van der Waals surface area contributed by atoms with Crippen molar-refractivity contribution in [2.75, 3.05) is 38.1 Å². The monoisotopic (exact) mass is 524 g/mol. The molecule has 0 aliphatic carbocycles. The third-order valence-electron chi connectivity index (χ3n) is 6.66. The van der Waals surface area contributed by atoms with Crippen molar-refractivity contribution in [2.45, 2.75) is 32.0 Å². The van der Waals surface area contributed by atoms with Gasteiger partial charge in [0.1, 0.15) is 24.0 Å². The van der Waals surface area contributed by atoms with Gasteiger partial charge >= 0.3 is 6.09 Å². The highest BCUT2D eigenvalue weighted by molar-refractivity contribution is 5.83. The van der Waals surface area contributed by atoms with E-state index in [0.717, 1.165) is 6.42 Å². The topological polar surface area (TPSA) is 170 Å². The van der Waals surface area contributed by atoms with E-state index in [9.17, 15) is 14.7 Å². The summed E-state index contributed by atoms with van der Waals surface area (Å²) in [7, 11) is 4.62. The zero-order valence-corrected chi connectivity index (χ0v) is 21.2. The average Bonchev–Trinajstić information content (AvgIpc) is 3.67. The van der Waals surface area contributed by atoms with Crippen LogP contribution in [-0.4, -0.2) is 75.4 Å². The molecular weight excluding hydrogens is 496 g/mol. The first-order valence-corrected chi connectivity index (χ1v) is 11.9. The van der Waals surface area contributed by atoms with E-state index in [0.29, 0.717) is 64.7 Å². The second kappa shape index (κ2) is 9.95. The Bertz CT molecular complexity index is 1370. The van der Waals surface area contributed by atoms with Crippen LogP contribution in [0.1, 0.15) is 24.1 Å². The molecule has 4 N–H and O–H groups in total. The Kier molecular flexibility index (Phi) is 6.53. The minimum Gasteiger partial charge on any atom is -0.493 e. The maximum atomic E-state index is 12.0. The highest BCUT2D eigenvalue weighted by atomic mass is 16.5. The van der Waals surface area contributed by atoms with E-state index < -0.39 is 18.0 Å². The summed E-state index contributed by atoms with van der Waals surface area (Å²) in [6, 6.07) is 3.06. The summed E-state index contributed by atoms with van der Waals surface area (Å²) in [5, 5.41) is 12.8. The summed E-state index contributed by atoms with van der Waals surface area (Å²) in [6.45, 7) is 0.814. The van der Waals surface area contributed by atoms with Crippen LogP contribution in [0.5, 0.6) is 17.2 Å². The lowest BCUT2D eigenvalue weighted by molar-refractivity contribution is -0.119. The molecule has 3 aromatic rings. The van der Waals surface area contributed by atoms with Crippen molar-refractivity contribution in [1.82, 2.24) is 24.4 Å². The molecule has 5 rings (SSSR count). The molecule has 1 saturated heterocycles. The maximum Gasteiger partial charge on any atom is 0.407 e. The summed E-state index contributed by atoms with van der Waals surface area (Å²) in [5.74, 6) is 2.21. The van der Waals surface area contributed by atoms with Gasteiger partial charge in [0.25, 0.3) is 0 Å². The molecule has 1 aromatic carbocycles. The first-order chi connectivity index (χ1) is 18.3. The van der Waals surface area contributed by atoms with Crippen molar-refractivity contribution in [1.29, 1.82) is 0 Å². The predicted molar refractivity (Wildman–Crippen MR) is 135 cm³/mol. The van der Waals surface area contributed by atoms with Crippen LogP contribution in [0.2, 0.25) is 0 Å². The fourth-order valence-electron chi connectivity index (χ4n) is 4.78. The first-order valence-electron chi connectivity index (χ1n) is 11.9. The van der Waals surface area contributed by atoms with Gasteiger partial charge in [0.05, 0.1) is 52.0 Å². The number of primary amides is 1. The number of nitrogens with one attached hydrogen (secondary N) is 1. The van der Waals surface area contributed by atoms with E-state index >= 15 is 0 Å². The van der Waals surface area contributed by atoms with Gasteiger partial charge in [0.2, 0.25) is 17.6 Å². The van der Waals surface area contributed by atoms with Crippen LogP contribution in [0.3, 0.4) is 0 Å². The number of carbonyl (C=O) groups excluding carboxylic acids is 1. The Balaban J connectivity index is 1.49. The number of anilines is 3. The average molecular weight is 525 g/mol.